The number of nitrogens with one attached hydrogen (secondary N) is 1. The predicted octanol–water partition coefficient (Wildman–Crippen LogP) is 4.01. The summed E-state index contributed by atoms with van der Waals surface area (Å²) in [5.74, 6) is -1.41. The Morgan fingerprint density at radius 2 is 1.93 bits per heavy atom. The van der Waals surface area contributed by atoms with Crippen molar-refractivity contribution in [3.63, 3.8) is 0 Å². The first-order chi connectivity index (χ1) is 19.6. The molecular weight excluding hydrogens is 522 g/mol. The number of carboxylic acid groups (broad SMARTS) is 1. The number of ether oxygens (including phenoxy) is 1. The summed E-state index contributed by atoms with van der Waals surface area (Å²) >= 11 is 0. The Balaban J connectivity index is 2.30. The van der Waals surface area contributed by atoms with Gasteiger partial charge in [0.05, 0.1) is 37.8 Å². The lowest BCUT2D eigenvalue weighted by Gasteiger charge is -2.25. The summed E-state index contributed by atoms with van der Waals surface area (Å²) in [6.45, 7) is 3.96. The van der Waals surface area contributed by atoms with Crippen molar-refractivity contribution < 1.29 is 24.2 Å². The first-order valence-corrected chi connectivity index (χ1v) is 13.2. The van der Waals surface area contributed by atoms with Gasteiger partial charge in [-0.25, -0.2) is 9.78 Å². The number of primary amides is 1. The highest BCUT2D eigenvalue weighted by molar-refractivity contribution is 5.94. The third-order valence-electron chi connectivity index (χ3n) is 5.98. The minimum atomic E-state index is -1.12. The zero-order valence-electron chi connectivity index (χ0n) is 23.7. The summed E-state index contributed by atoms with van der Waals surface area (Å²) in [5, 5.41) is 9.15. The van der Waals surface area contributed by atoms with Gasteiger partial charge in [0, 0.05) is 18.2 Å². The summed E-state index contributed by atoms with van der Waals surface area (Å²) in [5.41, 5.74) is 15.4. The van der Waals surface area contributed by atoms with Gasteiger partial charge in [-0.05, 0) is 43.4 Å². The Kier molecular flexibility index (Phi) is 13.5. The van der Waals surface area contributed by atoms with Gasteiger partial charge in [0.25, 0.3) is 0 Å². The molecule has 0 fully saturated rings. The number of allylic oxidation sites excluding steroid dienone is 4. The Labute approximate surface area is 240 Å². The lowest BCUT2D eigenvalue weighted by Crippen LogP contribution is -2.44. The van der Waals surface area contributed by atoms with E-state index in [0.29, 0.717) is 36.2 Å². The molecule has 2 amide bonds. The van der Waals surface area contributed by atoms with Crippen molar-refractivity contribution in [3.8, 4) is 11.3 Å². The summed E-state index contributed by atoms with van der Waals surface area (Å²) in [6, 6.07) is 8.81. The van der Waals surface area contributed by atoms with E-state index in [1.807, 2.05) is 44.2 Å². The third kappa shape index (κ3) is 11.5. The van der Waals surface area contributed by atoms with Gasteiger partial charge in [-0.1, -0.05) is 67.1 Å². The molecule has 0 saturated heterocycles. The Bertz CT molecular complexity index is 1320. The molecule has 2 rings (SSSR count). The van der Waals surface area contributed by atoms with Crippen LogP contribution in [0.4, 0.5) is 0 Å². The molecular formula is C31H39N5O5. The number of aromatic amines is 1. The molecule has 10 heteroatoms. The van der Waals surface area contributed by atoms with Gasteiger partial charge >= 0.3 is 5.97 Å². The number of methoxy groups -OCH3 is 1. The van der Waals surface area contributed by atoms with Gasteiger partial charge < -0.3 is 31.2 Å². The van der Waals surface area contributed by atoms with Gasteiger partial charge in [0.15, 0.2) is 0 Å². The molecule has 1 atom stereocenters. The Hall–Kier alpha value is -4.70. The number of hydrogen-bond acceptors (Lipinski definition) is 6. The van der Waals surface area contributed by atoms with E-state index >= 15 is 0 Å². The number of carbonyl (C=O) groups is 3. The third-order valence-corrected chi connectivity index (χ3v) is 5.98. The number of aliphatic carboxylic acids is 1. The fourth-order valence-electron chi connectivity index (χ4n) is 3.93. The van der Waals surface area contributed by atoms with Gasteiger partial charge in [-0.2, -0.15) is 0 Å². The normalized spacial score (nSPS) is 13.5. The second-order valence-electron chi connectivity index (χ2n) is 9.35. The van der Waals surface area contributed by atoms with E-state index in [2.05, 4.69) is 9.97 Å². The minimum Gasteiger partial charge on any atom is -0.504 e. The Morgan fingerprint density at radius 1 is 1.20 bits per heavy atom. The van der Waals surface area contributed by atoms with Gasteiger partial charge in [0.2, 0.25) is 11.8 Å². The van der Waals surface area contributed by atoms with Crippen LogP contribution in [0.3, 0.4) is 0 Å². The van der Waals surface area contributed by atoms with E-state index < -0.39 is 17.9 Å². The molecule has 0 radical (unpaired) electrons. The maximum atomic E-state index is 13.6. The molecule has 218 valence electrons. The maximum Gasteiger partial charge on any atom is 0.328 e. The van der Waals surface area contributed by atoms with Crippen LogP contribution >= 0.6 is 0 Å². The number of carboxylic acids is 1. The first-order valence-electron chi connectivity index (χ1n) is 13.2. The number of amides is 2. The van der Waals surface area contributed by atoms with Crippen LogP contribution < -0.4 is 11.5 Å². The molecule has 1 aromatic heterocycles. The number of nitrogens with two attached hydrogens (primary N) is 2. The number of H-pyrrole nitrogens is 1. The number of nitrogens with zero attached hydrogens (tertiary/aromatic N) is 2. The zero-order valence-corrected chi connectivity index (χ0v) is 23.7. The van der Waals surface area contributed by atoms with E-state index in [1.165, 1.54) is 24.3 Å². The largest absolute Gasteiger partial charge is 0.504 e. The van der Waals surface area contributed by atoms with Crippen molar-refractivity contribution in [1.82, 2.24) is 14.9 Å². The predicted molar refractivity (Wildman–Crippen MR) is 159 cm³/mol. The molecule has 0 saturated carbocycles. The van der Waals surface area contributed by atoms with Crippen LogP contribution in [0.15, 0.2) is 96.0 Å². The highest BCUT2D eigenvalue weighted by Crippen LogP contribution is 2.18. The zero-order chi connectivity index (χ0) is 30.2. The molecule has 6 N–H and O–H groups in total. The summed E-state index contributed by atoms with van der Waals surface area (Å²) in [4.78, 5) is 45.7. The fourth-order valence-corrected chi connectivity index (χ4v) is 3.93. The van der Waals surface area contributed by atoms with Crippen LogP contribution in [0.2, 0.25) is 0 Å². The number of benzene rings is 1. The molecule has 41 heavy (non-hydrogen) atoms. The van der Waals surface area contributed by atoms with Crippen LogP contribution in [-0.4, -0.2) is 57.5 Å². The second-order valence-corrected chi connectivity index (χ2v) is 9.35. The smallest absolute Gasteiger partial charge is 0.328 e. The number of carbonyl (C=O) groups excluding carboxylic acids is 2. The van der Waals surface area contributed by atoms with E-state index in [1.54, 1.807) is 30.5 Å². The topological polar surface area (TPSA) is 165 Å². The van der Waals surface area contributed by atoms with Crippen molar-refractivity contribution in [2.24, 2.45) is 11.5 Å². The number of hydrogen-bond donors (Lipinski definition) is 4. The molecule has 0 aliphatic carbocycles. The molecule has 0 aliphatic heterocycles. The number of imidazole rings is 1. The molecule has 0 spiro atoms. The summed E-state index contributed by atoms with van der Waals surface area (Å²) in [7, 11) is 1.49. The fraction of sp³-hybridized carbons (Fsp3) is 0.290. The van der Waals surface area contributed by atoms with Gasteiger partial charge in [0.1, 0.15) is 5.82 Å². The maximum absolute atomic E-state index is 13.6. The van der Waals surface area contributed by atoms with Crippen LogP contribution in [0.5, 0.6) is 0 Å². The molecule has 1 heterocycles. The summed E-state index contributed by atoms with van der Waals surface area (Å²) < 4.78 is 4.94. The number of aromatic nitrogens is 2. The van der Waals surface area contributed by atoms with Crippen LogP contribution in [0.1, 0.15) is 38.9 Å². The average molecular weight is 562 g/mol. The molecule has 2 aromatic rings. The van der Waals surface area contributed by atoms with Crippen LogP contribution in [-0.2, 0) is 25.7 Å². The van der Waals surface area contributed by atoms with Crippen LogP contribution in [0.25, 0.3) is 11.3 Å². The second kappa shape index (κ2) is 17.1. The lowest BCUT2D eigenvalue weighted by molar-refractivity contribution is -0.133. The number of rotatable bonds is 16. The van der Waals surface area contributed by atoms with Crippen molar-refractivity contribution in [2.45, 2.75) is 45.7 Å². The first kappa shape index (κ1) is 32.5. The van der Waals surface area contributed by atoms with Crippen molar-refractivity contribution >= 4 is 17.8 Å². The average Bonchev–Trinajstić information content (AvgIpc) is 3.42. The van der Waals surface area contributed by atoms with Gasteiger partial charge in [-0.15, -0.1) is 0 Å². The van der Waals surface area contributed by atoms with Crippen LogP contribution in [0, 0.1) is 0 Å². The molecule has 0 unspecified atom stereocenters. The van der Waals surface area contributed by atoms with E-state index in [4.69, 9.17) is 21.3 Å². The SMILES string of the molecule is CC/C=C(\C=C(\C)CC[C@H](N)C(=O)N(CC(/C=C/C(=O)O)=C/C=C/OC)Cc1ncc(-c2ccccc2)[nH]1)C(N)=O. The van der Waals surface area contributed by atoms with E-state index in [0.717, 1.165) is 22.9 Å². The molecule has 1 aromatic carbocycles. The quantitative estimate of drug-likeness (QED) is 0.137. The molecule has 0 bridgehead atoms. The molecule has 0 aliphatic rings. The lowest BCUT2D eigenvalue weighted by atomic mass is 10.0. The van der Waals surface area contributed by atoms with E-state index in [-0.39, 0.29) is 19.0 Å². The van der Waals surface area contributed by atoms with Crippen molar-refractivity contribution in [1.29, 1.82) is 0 Å². The van der Waals surface area contributed by atoms with Crippen molar-refractivity contribution in [3.05, 3.63) is 102 Å². The standard InChI is InChI=1S/C31H39N5O5/c1-4-9-25(30(33)39)18-22(2)13-15-26(32)31(40)36(20-23(10-8-17-41-3)14-16-29(37)38)21-28-34-19-27(35-28)24-11-6-5-7-12-24/h5-12,14,16-19,26H,4,13,15,20-21,32H2,1-3H3,(H2,33,39)(H,34,35)(H,37,38)/b16-14+,17-8+,22-18-,23-10+,25-9+/t26-/m0/s1. The monoisotopic (exact) mass is 561 g/mol. The van der Waals surface area contributed by atoms with Gasteiger partial charge in [-0.3, -0.25) is 9.59 Å². The summed E-state index contributed by atoms with van der Waals surface area (Å²) in [6.07, 6.45) is 13.8. The van der Waals surface area contributed by atoms with E-state index in [9.17, 15) is 14.4 Å². The Morgan fingerprint density at radius 3 is 2.56 bits per heavy atom. The van der Waals surface area contributed by atoms with Crippen molar-refractivity contribution in [2.75, 3.05) is 13.7 Å². The highest BCUT2D eigenvalue weighted by atomic mass is 16.5. The minimum absolute atomic E-state index is 0.0750. The molecule has 10 nitrogen and oxygen atoms in total. The highest BCUT2D eigenvalue weighted by Gasteiger charge is 2.23.